The number of ether oxygens (including phenoxy) is 3. The van der Waals surface area contributed by atoms with Gasteiger partial charge in [-0.15, -0.1) is 0 Å². The van der Waals surface area contributed by atoms with E-state index in [1.807, 2.05) is 6.07 Å². The third-order valence-corrected chi connectivity index (χ3v) is 4.51. The fourth-order valence-corrected chi connectivity index (χ4v) is 2.97. The number of hydrogen-bond acceptors (Lipinski definition) is 5. The van der Waals surface area contributed by atoms with E-state index in [9.17, 15) is 9.18 Å². The molecule has 158 valence electrons. The minimum absolute atomic E-state index is 0.290. The van der Waals surface area contributed by atoms with E-state index in [0.29, 0.717) is 53.7 Å². The standard InChI is InChI=1S/C22H24FN3O4/c1-28-12-4-11-24-22(27)20-14-19(18-10-9-17(29-2)13-21(18)30-3)25-26(20)16-7-5-15(23)6-8-16/h5-10,13-14H,4,11-12H2,1-3H3,(H,24,27). The van der Waals surface area contributed by atoms with E-state index < -0.39 is 0 Å². The maximum absolute atomic E-state index is 13.4. The second-order valence-corrected chi connectivity index (χ2v) is 6.47. The molecule has 30 heavy (non-hydrogen) atoms. The van der Waals surface area contributed by atoms with Crippen molar-refractivity contribution < 1.29 is 23.4 Å². The van der Waals surface area contributed by atoms with Crippen molar-refractivity contribution in [3.8, 4) is 28.4 Å². The molecule has 0 spiro atoms. The van der Waals surface area contributed by atoms with Crippen molar-refractivity contribution >= 4 is 5.91 Å². The predicted molar refractivity (Wildman–Crippen MR) is 111 cm³/mol. The summed E-state index contributed by atoms with van der Waals surface area (Å²) in [6, 6.07) is 12.8. The third kappa shape index (κ3) is 4.77. The first-order chi connectivity index (χ1) is 14.6. The van der Waals surface area contributed by atoms with Gasteiger partial charge in [0.05, 0.1) is 25.6 Å². The fraction of sp³-hybridized carbons (Fsp3) is 0.273. The number of amides is 1. The van der Waals surface area contributed by atoms with Crippen LogP contribution >= 0.6 is 0 Å². The zero-order valence-electron chi connectivity index (χ0n) is 17.1. The van der Waals surface area contributed by atoms with Crippen LogP contribution in [0.3, 0.4) is 0 Å². The summed E-state index contributed by atoms with van der Waals surface area (Å²) in [6.45, 7) is 1.01. The highest BCUT2D eigenvalue weighted by Crippen LogP contribution is 2.33. The van der Waals surface area contributed by atoms with Crippen LogP contribution in [0.15, 0.2) is 48.5 Å². The Balaban J connectivity index is 2.02. The molecule has 0 aliphatic heterocycles. The Kier molecular flexibility index (Phi) is 7.03. The molecule has 1 aromatic heterocycles. The van der Waals surface area contributed by atoms with Crippen LogP contribution in [0.4, 0.5) is 4.39 Å². The maximum Gasteiger partial charge on any atom is 0.270 e. The van der Waals surface area contributed by atoms with Gasteiger partial charge in [-0.05, 0) is 48.9 Å². The smallest absolute Gasteiger partial charge is 0.270 e. The molecule has 0 saturated heterocycles. The summed E-state index contributed by atoms with van der Waals surface area (Å²) in [7, 11) is 4.74. The number of hydrogen-bond donors (Lipinski definition) is 1. The minimum atomic E-state index is -0.367. The van der Waals surface area contributed by atoms with Crippen LogP contribution in [-0.2, 0) is 4.74 Å². The van der Waals surface area contributed by atoms with Crippen LogP contribution < -0.4 is 14.8 Å². The van der Waals surface area contributed by atoms with Crippen LogP contribution in [0.1, 0.15) is 16.9 Å². The van der Waals surface area contributed by atoms with E-state index in [2.05, 4.69) is 10.4 Å². The van der Waals surface area contributed by atoms with Gasteiger partial charge in [0.15, 0.2) is 0 Å². The van der Waals surface area contributed by atoms with E-state index in [1.54, 1.807) is 51.7 Å². The van der Waals surface area contributed by atoms with Gasteiger partial charge in [0, 0.05) is 31.9 Å². The molecule has 0 saturated carbocycles. The lowest BCUT2D eigenvalue weighted by atomic mass is 10.1. The molecule has 3 rings (SSSR count). The van der Waals surface area contributed by atoms with Gasteiger partial charge in [-0.1, -0.05) is 0 Å². The number of nitrogens with one attached hydrogen (secondary N) is 1. The third-order valence-electron chi connectivity index (χ3n) is 4.51. The average Bonchev–Trinajstić information content (AvgIpc) is 3.22. The van der Waals surface area contributed by atoms with Crippen molar-refractivity contribution in [2.75, 3.05) is 34.5 Å². The van der Waals surface area contributed by atoms with Crippen molar-refractivity contribution in [1.29, 1.82) is 0 Å². The molecule has 3 aromatic rings. The van der Waals surface area contributed by atoms with Gasteiger partial charge in [-0.2, -0.15) is 5.10 Å². The van der Waals surface area contributed by atoms with E-state index in [-0.39, 0.29) is 11.7 Å². The molecule has 0 aliphatic rings. The van der Waals surface area contributed by atoms with Crippen molar-refractivity contribution in [2.45, 2.75) is 6.42 Å². The number of methoxy groups -OCH3 is 3. The lowest BCUT2D eigenvalue weighted by Gasteiger charge is -2.09. The number of carbonyl (C=O) groups excluding carboxylic acids is 1. The molecule has 7 nitrogen and oxygen atoms in total. The first kappa shape index (κ1) is 21.3. The van der Waals surface area contributed by atoms with Gasteiger partial charge in [-0.25, -0.2) is 9.07 Å². The molecule has 0 bridgehead atoms. The van der Waals surface area contributed by atoms with Crippen LogP contribution in [0.2, 0.25) is 0 Å². The quantitative estimate of drug-likeness (QED) is 0.544. The van der Waals surface area contributed by atoms with Gasteiger partial charge in [0.25, 0.3) is 5.91 Å². The Morgan fingerprint density at radius 2 is 1.83 bits per heavy atom. The van der Waals surface area contributed by atoms with Crippen LogP contribution in [0, 0.1) is 5.82 Å². The van der Waals surface area contributed by atoms with Gasteiger partial charge in [-0.3, -0.25) is 4.79 Å². The number of rotatable bonds is 9. The molecule has 2 aromatic carbocycles. The highest BCUT2D eigenvalue weighted by atomic mass is 19.1. The molecule has 0 atom stereocenters. The minimum Gasteiger partial charge on any atom is -0.497 e. The van der Waals surface area contributed by atoms with Crippen molar-refractivity contribution in [3.63, 3.8) is 0 Å². The molecule has 1 heterocycles. The Hall–Kier alpha value is -3.39. The van der Waals surface area contributed by atoms with E-state index in [0.717, 1.165) is 0 Å². The fourth-order valence-electron chi connectivity index (χ4n) is 2.97. The van der Waals surface area contributed by atoms with Crippen LogP contribution in [0.5, 0.6) is 11.5 Å². The summed E-state index contributed by atoms with van der Waals surface area (Å²) in [5.74, 6) is 0.546. The molecule has 0 aliphatic carbocycles. The summed E-state index contributed by atoms with van der Waals surface area (Å²) >= 11 is 0. The van der Waals surface area contributed by atoms with E-state index >= 15 is 0 Å². The van der Waals surface area contributed by atoms with Crippen LogP contribution in [0.25, 0.3) is 16.9 Å². The zero-order valence-corrected chi connectivity index (χ0v) is 17.1. The number of benzene rings is 2. The topological polar surface area (TPSA) is 74.6 Å². The van der Waals surface area contributed by atoms with Crippen molar-refractivity contribution in [2.24, 2.45) is 0 Å². The average molecular weight is 413 g/mol. The highest BCUT2D eigenvalue weighted by molar-refractivity contribution is 5.94. The lowest BCUT2D eigenvalue weighted by Crippen LogP contribution is -2.27. The second-order valence-electron chi connectivity index (χ2n) is 6.47. The van der Waals surface area contributed by atoms with Crippen molar-refractivity contribution in [3.05, 3.63) is 60.0 Å². The molecule has 0 radical (unpaired) electrons. The number of carbonyl (C=O) groups is 1. The molecule has 1 amide bonds. The van der Waals surface area contributed by atoms with E-state index in [4.69, 9.17) is 14.2 Å². The largest absolute Gasteiger partial charge is 0.497 e. The maximum atomic E-state index is 13.4. The van der Waals surface area contributed by atoms with Gasteiger partial charge < -0.3 is 19.5 Å². The normalized spacial score (nSPS) is 10.7. The molecule has 0 fully saturated rings. The monoisotopic (exact) mass is 413 g/mol. The summed E-state index contributed by atoms with van der Waals surface area (Å²) in [4.78, 5) is 12.8. The number of aromatic nitrogens is 2. The zero-order chi connectivity index (χ0) is 21.5. The summed E-state index contributed by atoms with van der Waals surface area (Å²) in [5.41, 5.74) is 2.14. The van der Waals surface area contributed by atoms with E-state index in [1.165, 1.54) is 16.8 Å². The Bertz CT molecular complexity index is 1000. The Morgan fingerprint density at radius 3 is 2.50 bits per heavy atom. The molecular weight excluding hydrogens is 389 g/mol. The molecule has 1 N–H and O–H groups in total. The molecule has 0 unspecified atom stereocenters. The van der Waals surface area contributed by atoms with Gasteiger partial charge >= 0.3 is 0 Å². The number of nitrogens with zero attached hydrogens (tertiary/aromatic N) is 2. The summed E-state index contributed by atoms with van der Waals surface area (Å²) in [5, 5.41) is 7.46. The van der Waals surface area contributed by atoms with Gasteiger partial charge in [0.2, 0.25) is 0 Å². The molecular formula is C22H24FN3O4. The van der Waals surface area contributed by atoms with Crippen molar-refractivity contribution in [1.82, 2.24) is 15.1 Å². The summed E-state index contributed by atoms with van der Waals surface area (Å²) < 4.78 is 30.6. The summed E-state index contributed by atoms with van der Waals surface area (Å²) in [6.07, 6.45) is 0.687. The Labute approximate surface area is 174 Å². The first-order valence-electron chi connectivity index (χ1n) is 9.43. The predicted octanol–water partition coefficient (Wildman–Crippen LogP) is 3.46. The highest BCUT2D eigenvalue weighted by Gasteiger charge is 2.19. The SMILES string of the molecule is COCCCNC(=O)c1cc(-c2ccc(OC)cc2OC)nn1-c1ccc(F)cc1. The first-order valence-corrected chi connectivity index (χ1v) is 9.43. The Morgan fingerprint density at radius 1 is 1.07 bits per heavy atom. The lowest BCUT2D eigenvalue weighted by molar-refractivity contribution is 0.0941. The number of halogens is 1. The van der Waals surface area contributed by atoms with Crippen LogP contribution in [-0.4, -0.2) is 50.2 Å². The molecule has 8 heteroatoms. The second kappa shape index (κ2) is 9.89. The van der Waals surface area contributed by atoms with Gasteiger partial charge in [0.1, 0.15) is 23.0 Å².